The molecule has 0 aromatic rings. The van der Waals surface area contributed by atoms with Gasteiger partial charge >= 0.3 is 5.97 Å². The number of aliphatic carboxylic acids is 1. The Morgan fingerprint density at radius 2 is 2.14 bits per heavy atom. The molecule has 2 saturated heterocycles. The molecule has 0 aromatic carbocycles. The van der Waals surface area contributed by atoms with E-state index in [9.17, 15) is 15.0 Å². The van der Waals surface area contributed by atoms with Crippen LogP contribution in [0.15, 0.2) is 0 Å². The summed E-state index contributed by atoms with van der Waals surface area (Å²) in [6.45, 7) is 0. The van der Waals surface area contributed by atoms with Crippen LogP contribution in [0.3, 0.4) is 0 Å². The summed E-state index contributed by atoms with van der Waals surface area (Å²) >= 11 is 0. The summed E-state index contributed by atoms with van der Waals surface area (Å²) in [6.07, 6.45) is 0.693. The molecule has 3 N–H and O–H groups in total. The maximum absolute atomic E-state index is 11.0. The van der Waals surface area contributed by atoms with Crippen molar-refractivity contribution < 1.29 is 20.1 Å². The quantitative estimate of drug-likeness (QED) is 0.508. The Morgan fingerprint density at radius 1 is 1.50 bits per heavy atom. The van der Waals surface area contributed by atoms with Gasteiger partial charge in [-0.15, -0.1) is 0 Å². The van der Waals surface area contributed by atoms with Gasteiger partial charge in [-0.3, -0.25) is 4.90 Å². The Labute approximate surface area is 82.0 Å². The second-order valence-electron chi connectivity index (χ2n) is 4.29. The number of hydrogen-bond donors (Lipinski definition) is 3. The van der Waals surface area contributed by atoms with Gasteiger partial charge in [-0.1, -0.05) is 0 Å². The lowest BCUT2D eigenvalue weighted by molar-refractivity contribution is -0.192. The van der Waals surface area contributed by atoms with Crippen molar-refractivity contribution in [2.75, 3.05) is 7.05 Å². The third-order valence-corrected chi connectivity index (χ3v) is 3.69. The highest BCUT2D eigenvalue weighted by Crippen LogP contribution is 2.40. The van der Waals surface area contributed by atoms with Crippen LogP contribution in [0.4, 0.5) is 0 Å². The lowest BCUT2D eigenvalue weighted by atomic mass is 9.83. The van der Waals surface area contributed by atoms with Crippen LogP contribution in [0.2, 0.25) is 0 Å². The Balaban J connectivity index is 2.35. The summed E-state index contributed by atoms with van der Waals surface area (Å²) in [5.41, 5.74) is -1.98. The lowest BCUT2D eigenvalue weighted by Gasteiger charge is -2.44. The van der Waals surface area contributed by atoms with E-state index in [4.69, 9.17) is 5.11 Å². The first-order valence-electron chi connectivity index (χ1n) is 4.83. The molecule has 0 unspecified atom stereocenters. The maximum Gasteiger partial charge on any atom is 0.340 e. The molecule has 0 spiro atoms. The van der Waals surface area contributed by atoms with Crippen molar-refractivity contribution in [1.29, 1.82) is 0 Å². The molecule has 0 aromatic heterocycles. The average Bonchev–Trinajstić information content (AvgIpc) is 2.39. The summed E-state index contributed by atoms with van der Waals surface area (Å²) in [4.78, 5) is 12.9. The summed E-state index contributed by atoms with van der Waals surface area (Å²) in [7, 11) is 1.81. The van der Waals surface area contributed by atoms with Crippen LogP contribution in [0.1, 0.15) is 19.3 Å². The molecule has 0 amide bonds. The Morgan fingerprint density at radius 3 is 2.71 bits per heavy atom. The fraction of sp³-hybridized carbons (Fsp3) is 0.889. The van der Waals surface area contributed by atoms with Gasteiger partial charge < -0.3 is 15.3 Å². The number of nitrogens with zero attached hydrogens (tertiary/aromatic N) is 1. The Bertz CT molecular complexity index is 270. The number of likely N-dealkylation sites (N-methyl/N-ethyl adjacent to an activating group) is 1. The van der Waals surface area contributed by atoms with E-state index in [0.29, 0.717) is 12.8 Å². The van der Waals surface area contributed by atoms with Gasteiger partial charge in [0.15, 0.2) is 0 Å². The maximum atomic E-state index is 11.0. The predicted molar refractivity (Wildman–Crippen MR) is 47.8 cm³/mol. The first-order chi connectivity index (χ1) is 6.48. The molecule has 2 bridgehead atoms. The third-order valence-electron chi connectivity index (χ3n) is 3.69. The topological polar surface area (TPSA) is 81.0 Å². The molecule has 2 aliphatic rings. The van der Waals surface area contributed by atoms with Crippen molar-refractivity contribution in [2.24, 2.45) is 0 Å². The highest BCUT2D eigenvalue weighted by atomic mass is 16.4. The van der Waals surface area contributed by atoms with Crippen LogP contribution >= 0.6 is 0 Å². The van der Waals surface area contributed by atoms with Gasteiger partial charge in [-0.2, -0.15) is 0 Å². The molecule has 2 fully saturated rings. The molecular formula is C9H15NO4. The number of rotatable bonds is 1. The molecule has 2 rings (SSSR count). The van der Waals surface area contributed by atoms with E-state index in [1.165, 1.54) is 0 Å². The van der Waals surface area contributed by atoms with E-state index < -0.39 is 23.7 Å². The number of carboxylic acids is 1. The number of aliphatic hydroxyl groups is 2. The van der Waals surface area contributed by atoms with E-state index in [1.54, 1.807) is 0 Å². The number of carboxylic acid groups (broad SMARTS) is 1. The molecular weight excluding hydrogens is 186 g/mol. The van der Waals surface area contributed by atoms with Crippen molar-refractivity contribution in [3.05, 3.63) is 0 Å². The van der Waals surface area contributed by atoms with Gasteiger partial charge in [0, 0.05) is 6.04 Å². The second-order valence-corrected chi connectivity index (χ2v) is 4.29. The molecule has 5 nitrogen and oxygen atoms in total. The van der Waals surface area contributed by atoms with Gasteiger partial charge in [0.2, 0.25) is 5.60 Å². The van der Waals surface area contributed by atoms with E-state index in [2.05, 4.69) is 0 Å². The minimum Gasteiger partial charge on any atom is -0.479 e. The monoisotopic (exact) mass is 201 g/mol. The molecule has 4 atom stereocenters. The standard InChI is InChI=1S/C9H15NO4/c1-10-5-2-3-6(10)9(14,8(12)13)7(11)4-5/h5-7,11,14H,2-4H2,1H3,(H,12,13)/t5-,6+,7-,9+/m0/s1. The van der Waals surface area contributed by atoms with Crippen molar-refractivity contribution in [3.8, 4) is 0 Å². The normalized spacial score (nSPS) is 48.1. The fourth-order valence-electron chi connectivity index (χ4n) is 2.77. The second kappa shape index (κ2) is 2.92. The zero-order valence-corrected chi connectivity index (χ0v) is 8.05. The predicted octanol–water partition coefficient (Wildman–Crippen LogP) is -0.971. The highest BCUT2D eigenvalue weighted by molar-refractivity contribution is 5.79. The van der Waals surface area contributed by atoms with Crippen LogP contribution in [-0.2, 0) is 4.79 Å². The zero-order valence-electron chi connectivity index (χ0n) is 8.05. The van der Waals surface area contributed by atoms with E-state index in [0.717, 1.165) is 6.42 Å². The van der Waals surface area contributed by atoms with E-state index in [-0.39, 0.29) is 6.04 Å². The first kappa shape index (κ1) is 9.89. The van der Waals surface area contributed by atoms with Crippen LogP contribution in [0.25, 0.3) is 0 Å². The smallest absolute Gasteiger partial charge is 0.340 e. The number of fused-ring (bicyclic) bond motifs is 2. The van der Waals surface area contributed by atoms with E-state index >= 15 is 0 Å². The minimum atomic E-state index is -1.98. The molecule has 5 heteroatoms. The summed E-state index contributed by atoms with van der Waals surface area (Å²) in [5.74, 6) is -1.32. The van der Waals surface area contributed by atoms with E-state index in [1.807, 2.05) is 11.9 Å². The Hall–Kier alpha value is -0.650. The molecule has 80 valence electrons. The van der Waals surface area contributed by atoms with Crippen LogP contribution < -0.4 is 0 Å². The molecule has 14 heavy (non-hydrogen) atoms. The highest BCUT2D eigenvalue weighted by Gasteiger charge is 2.59. The summed E-state index contributed by atoms with van der Waals surface area (Å²) in [5, 5.41) is 28.6. The van der Waals surface area contributed by atoms with Crippen molar-refractivity contribution in [1.82, 2.24) is 4.90 Å². The van der Waals surface area contributed by atoms with Crippen molar-refractivity contribution in [2.45, 2.75) is 43.1 Å². The van der Waals surface area contributed by atoms with Crippen LogP contribution in [0.5, 0.6) is 0 Å². The van der Waals surface area contributed by atoms with Crippen molar-refractivity contribution >= 4 is 5.97 Å². The summed E-state index contributed by atoms with van der Waals surface area (Å²) < 4.78 is 0. The third kappa shape index (κ3) is 1.03. The number of piperidine rings is 1. The largest absolute Gasteiger partial charge is 0.479 e. The molecule has 0 aliphatic carbocycles. The number of carbonyl (C=O) groups is 1. The number of hydrogen-bond acceptors (Lipinski definition) is 4. The fourth-order valence-corrected chi connectivity index (χ4v) is 2.77. The van der Waals surface area contributed by atoms with Gasteiger partial charge in [-0.25, -0.2) is 4.79 Å². The SMILES string of the molecule is CN1[C@H]2CC[C@@H]1[C@](O)(C(=O)O)[C@@H](O)C2. The van der Waals surface area contributed by atoms with Gasteiger partial charge in [0.1, 0.15) is 0 Å². The minimum absolute atomic E-state index is 0.217. The lowest BCUT2D eigenvalue weighted by Crippen LogP contribution is -2.66. The number of aliphatic hydroxyl groups excluding tert-OH is 1. The van der Waals surface area contributed by atoms with Gasteiger partial charge in [0.25, 0.3) is 0 Å². The van der Waals surface area contributed by atoms with Crippen LogP contribution in [0, 0.1) is 0 Å². The summed E-state index contributed by atoms with van der Waals surface area (Å²) in [6, 6.07) is -0.233. The Kier molecular flexibility index (Phi) is 2.06. The first-order valence-corrected chi connectivity index (χ1v) is 4.83. The van der Waals surface area contributed by atoms with Gasteiger partial charge in [0.05, 0.1) is 12.1 Å². The molecule has 0 saturated carbocycles. The van der Waals surface area contributed by atoms with Crippen LogP contribution in [-0.4, -0.2) is 57.0 Å². The van der Waals surface area contributed by atoms with Gasteiger partial charge in [-0.05, 0) is 26.3 Å². The molecule has 2 heterocycles. The zero-order chi connectivity index (χ0) is 10.5. The van der Waals surface area contributed by atoms with Crippen molar-refractivity contribution in [3.63, 3.8) is 0 Å². The molecule has 0 radical (unpaired) electrons. The molecule has 2 aliphatic heterocycles. The average molecular weight is 201 g/mol.